The molecule has 0 aliphatic carbocycles. The fraction of sp³-hybridized carbons (Fsp3) is 0.429. The Morgan fingerprint density at radius 3 is 2.73 bits per heavy atom. The van der Waals surface area contributed by atoms with E-state index in [-0.39, 0.29) is 6.10 Å². The lowest BCUT2D eigenvalue weighted by Gasteiger charge is -2.10. The van der Waals surface area contributed by atoms with Gasteiger partial charge in [-0.2, -0.15) is 0 Å². The zero-order valence-corrected chi connectivity index (χ0v) is 9.46. The Kier molecular flexibility index (Phi) is 4.93. The first-order valence-corrected chi connectivity index (χ1v) is 5.36. The highest BCUT2D eigenvalue weighted by atomic mass is 16.3. The molecular weight excluding hydrogens is 184 g/mol. The monoisotopic (exact) mass is 202 g/mol. The Morgan fingerprint density at radius 1 is 1.33 bits per heavy atom. The Hall–Kier alpha value is -1.26. The van der Waals surface area contributed by atoms with Crippen LogP contribution in [-0.4, -0.2) is 11.2 Å². The highest BCUT2D eigenvalue weighted by molar-refractivity contribution is 5.26. The van der Waals surface area contributed by atoms with Gasteiger partial charge >= 0.3 is 0 Å². The van der Waals surface area contributed by atoms with Crippen molar-refractivity contribution in [1.82, 2.24) is 0 Å². The van der Waals surface area contributed by atoms with E-state index in [0.717, 1.165) is 19.3 Å². The van der Waals surface area contributed by atoms with Gasteiger partial charge in [-0.15, -0.1) is 11.8 Å². The van der Waals surface area contributed by atoms with E-state index >= 15 is 0 Å². The van der Waals surface area contributed by atoms with E-state index in [0.29, 0.717) is 0 Å². The van der Waals surface area contributed by atoms with E-state index in [4.69, 9.17) is 0 Å². The van der Waals surface area contributed by atoms with Gasteiger partial charge in [-0.3, -0.25) is 0 Å². The van der Waals surface area contributed by atoms with Gasteiger partial charge in [0.05, 0.1) is 6.10 Å². The molecule has 15 heavy (non-hydrogen) atoms. The molecule has 1 N–H and O–H groups in total. The number of hydrogen-bond acceptors (Lipinski definition) is 1. The number of benzene rings is 1. The summed E-state index contributed by atoms with van der Waals surface area (Å²) >= 11 is 0. The predicted octanol–water partition coefficient (Wildman–Crippen LogP) is 2.70. The Morgan fingerprint density at radius 2 is 2.07 bits per heavy atom. The molecule has 0 heterocycles. The zero-order chi connectivity index (χ0) is 11.1. The fourth-order valence-corrected chi connectivity index (χ4v) is 1.56. The van der Waals surface area contributed by atoms with Crippen molar-refractivity contribution in [2.75, 3.05) is 0 Å². The second kappa shape index (κ2) is 6.27. The summed E-state index contributed by atoms with van der Waals surface area (Å²) in [4.78, 5) is 0. The molecule has 0 saturated carbocycles. The minimum Gasteiger partial charge on any atom is -0.393 e. The summed E-state index contributed by atoms with van der Waals surface area (Å²) in [6, 6.07) is 8.19. The summed E-state index contributed by atoms with van der Waals surface area (Å²) in [5.41, 5.74) is 2.48. The quantitative estimate of drug-likeness (QED) is 0.744. The van der Waals surface area contributed by atoms with Gasteiger partial charge in [0.2, 0.25) is 0 Å². The summed E-state index contributed by atoms with van der Waals surface area (Å²) in [5, 5.41) is 9.79. The van der Waals surface area contributed by atoms with Crippen molar-refractivity contribution in [1.29, 1.82) is 0 Å². The highest BCUT2D eigenvalue weighted by Crippen LogP contribution is 2.11. The van der Waals surface area contributed by atoms with E-state index in [1.807, 2.05) is 19.1 Å². The van der Waals surface area contributed by atoms with Crippen LogP contribution in [0.4, 0.5) is 0 Å². The van der Waals surface area contributed by atoms with Crippen LogP contribution in [0.15, 0.2) is 24.3 Å². The van der Waals surface area contributed by atoms with E-state index < -0.39 is 0 Å². The molecule has 0 aliphatic heterocycles. The van der Waals surface area contributed by atoms with E-state index in [9.17, 15) is 5.11 Å². The highest BCUT2D eigenvalue weighted by Gasteiger charge is 2.05. The van der Waals surface area contributed by atoms with Crippen molar-refractivity contribution < 1.29 is 5.11 Å². The second-order valence-corrected chi connectivity index (χ2v) is 3.75. The number of aliphatic hydroxyl groups is 1. The molecule has 0 aromatic heterocycles. The molecule has 1 aromatic rings. The summed E-state index contributed by atoms with van der Waals surface area (Å²) < 4.78 is 0. The number of rotatable bonds is 4. The van der Waals surface area contributed by atoms with Crippen LogP contribution in [-0.2, 0) is 6.42 Å². The topological polar surface area (TPSA) is 20.2 Å². The summed E-state index contributed by atoms with van der Waals surface area (Å²) in [6.45, 7) is 3.90. The van der Waals surface area contributed by atoms with Gasteiger partial charge in [0.15, 0.2) is 0 Å². The molecule has 1 rings (SSSR count). The summed E-state index contributed by atoms with van der Waals surface area (Å²) in [7, 11) is 0. The lowest BCUT2D eigenvalue weighted by molar-refractivity contribution is 0.166. The minimum atomic E-state index is -0.271. The van der Waals surface area contributed by atoms with Gasteiger partial charge < -0.3 is 5.11 Å². The average molecular weight is 202 g/mol. The van der Waals surface area contributed by atoms with Crippen LogP contribution in [0.3, 0.4) is 0 Å². The molecule has 80 valence electrons. The second-order valence-electron chi connectivity index (χ2n) is 3.75. The zero-order valence-electron chi connectivity index (χ0n) is 9.46. The standard InChI is InChI=1S/C14H18O/c1-3-4-5-10-14(15)11-13-9-7-6-8-12(13)2/h6-9,14-15H,5,10-11H2,1-2H3. The number of hydrogen-bond donors (Lipinski definition) is 1. The van der Waals surface area contributed by atoms with Crippen molar-refractivity contribution in [3.63, 3.8) is 0 Å². The van der Waals surface area contributed by atoms with Crippen molar-refractivity contribution in [2.24, 2.45) is 0 Å². The third-order valence-corrected chi connectivity index (χ3v) is 2.50. The molecule has 1 unspecified atom stereocenters. The van der Waals surface area contributed by atoms with Gasteiger partial charge in [-0.25, -0.2) is 0 Å². The van der Waals surface area contributed by atoms with Crippen LogP contribution in [0.2, 0.25) is 0 Å². The molecule has 1 heteroatoms. The third kappa shape index (κ3) is 4.18. The third-order valence-electron chi connectivity index (χ3n) is 2.50. The summed E-state index contributed by atoms with van der Waals surface area (Å²) in [6.07, 6.45) is 2.00. The molecule has 0 saturated heterocycles. The smallest absolute Gasteiger partial charge is 0.0589 e. The first-order chi connectivity index (χ1) is 7.24. The molecule has 0 amide bonds. The van der Waals surface area contributed by atoms with Gasteiger partial charge in [-0.05, 0) is 37.8 Å². The molecule has 0 aliphatic rings. The normalized spacial score (nSPS) is 11.7. The van der Waals surface area contributed by atoms with Crippen LogP contribution >= 0.6 is 0 Å². The molecule has 1 atom stereocenters. The van der Waals surface area contributed by atoms with Crippen LogP contribution in [0.25, 0.3) is 0 Å². The van der Waals surface area contributed by atoms with Crippen LogP contribution in [0, 0.1) is 18.8 Å². The molecule has 1 nitrogen and oxygen atoms in total. The maximum atomic E-state index is 9.79. The largest absolute Gasteiger partial charge is 0.393 e. The minimum absolute atomic E-state index is 0.271. The molecular formula is C14H18O. The molecule has 0 radical (unpaired) electrons. The van der Waals surface area contributed by atoms with E-state index in [1.54, 1.807) is 0 Å². The van der Waals surface area contributed by atoms with Gasteiger partial charge in [-0.1, -0.05) is 24.3 Å². The number of aryl methyl sites for hydroxylation is 1. The molecule has 1 aromatic carbocycles. The lowest BCUT2D eigenvalue weighted by Crippen LogP contribution is -2.10. The maximum Gasteiger partial charge on any atom is 0.0589 e. The van der Waals surface area contributed by atoms with Crippen molar-refractivity contribution in [2.45, 2.75) is 39.2 Å². The average Bonchev–Trinajstić information content (AvgIpc) is 2.22. The van der Waals surface area contributed by atoms with E-state index in [2.05, 4.69) is 30.9 Å². The van der Waals surface area contributed by atoms with Crippen LogP contribution in [0.1, 0.15) is 30.9 Å². The Labute approximate surface area is 92.1 Å². The van der Waals surface area contributed by atoms with Crippen LogP contribution < -0.4 is 0 Å². The number of aliphatic hydroxyl groups excluding tert-OH is 1. The van der Waals surface area contributed by atoms with Gasteiger partial charge in [0.25, 0.3) is 0 Å². The maximum absolute atomic E-state index is 9.79. The SMILES string of the molecule is CC#CCCC(O)Cc1ccccc1C. The van der Waals surface area contributed by atoms with E-state index in [1.165, 1.54) is 11.1 Å². The van der Waals surface area contributed by atoms with Crippen LogP contribution in [0.5, 0.6) is 0 Å². The van der Waals surface area contributed by atoms with Gasteiger partial charge in [0.1, 0.15) is 0 Å². The Balaban J connectivity index is 2.46. The fourth-order valence-electron chi connectivity index (χ4n) is 1.56. The van der Waals surface area contributed by atoms with Crippen molar-refractivity contribution in [3.05, 3.63) is 35.4 Å². The Bertz CT molecular complexity index is 357. The first kappa shape index (κ1) is 11.8. The summed E-state index contributed by atoms with van der Waals surface area (Å²) in [5.74, 6) is 5.81. The molecule has 0 fully saturated rings. The lowest BCUT2D eigenvalue weighted by atomic mass is 10.0. The van der Waals surface area contributed by atoms with Crippen molar-refractivity contribution in [3.8, 4) is 11.8 Å². The van der Waals surface area contributed by atoms with Crippen molar-refractivity contribution >= 4 is 0 Å². The van der Waals surface area contributed by atoms with Gasteiger partial charge in [0, 0.05) is 6.42 Å². The molecule has 0 bridgehead atoms. The predicted molar refractivity (Wildman–Crippen MR) is 63.6 cm³/mol. The first-order valence-electron chi connectivity index (χ1n) is 5.36. The molecule has 0 spiro atoms.